The summed E-state index contributed by atoms with van der Waals surface area (Å²) >= 11 is 0. The Labute approximate surface area is 108 Å². The third-order valence-electron chi connectivity index (χ3n) is 2.79. The normalized spacial score (nSPS) is 11.1. The number of aromatic hydroxyl groups is 1. The first-order chi connectivity index (χ1) is 9.06. The Morgan fingerprint density at radius 3 is 2.84 bits per heavy atom. The number of hydrogen-bond acceptors (Lipinski definition) is 5. The molecule has 0 atom stereocenters. The van der Waals surface area contributed by atoms with Crippen LogP contribution in [0, 0.1) is 13.8 Å². The van der Waals surface area contributed by atoms with E-state index in [4.69, 9.17) is 4.42 Å². The van der Waals surface area contributed by atoms with Gasteiger partial charge >= 0.3 is 5.63 Å². The van der Waals surface area contributed by atoms with Crippen LogP contribution in [-0.2, 0) is 0 Å². The summed E-state index contributed by atoms with van der Waals surface area (Å²) < 4.78 is 6.53. The Balaban J connectivity index is 2.40. The summed E-state index contributed by atoms with van der Waals surface area (Å²) in [5.74, 6) is 0.225. The SMILES string of the molecule is Cc1cc2nccc(-c3c(O)cc(C)oc3=O)n2n1. The predicted octanol–water partition coefficient (Wildman–Crippen LogP) is 1.67. The van der Waals surface area contributed by atoms with E-state index < -0.39 is 5.63 Å². The van der Waals surface area contributed by atoms with Gasteiger partial charge < -0.3 is 9.52 Å². The van der Waals surface area contributed by atoms with Crippen molar-refractivity contribution in [3.05, 3.63) is 46.3 Å². The van der Waals surface area contributed by atoms with E-state index in [0.717, 1.165) is 5.69 Å². The van der Waals surface area contributed by atoms with Gasteiger partial charge in [-0.2, -0.15) is 5.10 Å². The molecule has 0 radical (unpaired) electrons. The monoisotopic (exact) mass is 257 g/mol. The lowest BCUT2D eigenvalue weighted by Crippen LogP contribution is -2.08. The molecule has 0 aliphatic heterocycles. The van der Waals surface area contributed by atoms with Crippen LogP contribution in [0.4, 0.5) is 0 Å². The van der Waals surface area contributed by atoms with Gasteiger partial charge in [-0.1, -0.05) is 0 Å². The van der Waals surface area contributed by atoms with Gasteiger partial charge in [0, 0.05) is 18.3 Å². The van der Waals surface area contributed by atoms with Crippen LogP contribution in [0.25, 0.3) is 16.9 Å². The van der Waals surface area contributed by atoms with Crippen molar-refractivity contribution < 1.29 is 9.52 Å². The fourth-order valence-corrected chi connectivity index (χ4v) is 2.03. The first kappa shape index (κ1) is 11.5. The summed E-state index contributed by atoms with van der Waals surface area (Å²) in [6, 6.07) is 4.80. The number of nitrogens with zero attached hydrogens (tertiary/aromatic N) is 3. The molecule has 96 valence electrons. The third-order valence-corrected chi connectivity index (χ3v) is 2.79. The summed E-state index contributed by atoms with van der Waals surface area (Å²) in [5.41, 5.74) is 1.31. The van der Waals surface area contributed by atoms with Gasteiger partial charge in [0.2, 0.25) is 0 Å². The Hall–Kier alpha value is -2.63. The molecule has 0 saturated carbocycles. The largest absolute Gasteiger partial charge is 0.507 e. The Bertz CT molecular complexity index is 833. The minimum absolute atomic E-state index is 0.0844. The highest BCUT2D eigenvalue weighted by atomic mass is 16.4. The maximum absolute atomic E-state index is 11.9. The van der Waals surface area contributed by atoms with Crippen molar-refractivity contribution >= 4 is 5.65 Å². The maximum atomic E-state index is 11.9. The first-order valence-corrected chi connectivity index (χ1v) is 5.72. The standard InChI is InChI=1S/C13H11N3O3/c1-7-5-11-14-4-3-9(16(11)15-7)12-10(17)6-8(2)19-13(12)18/h3-6,17H,1-2H3. The molecule has 3 aromatic heterocycles. The number of aromatic nitrogens is 3. The molecule has 19 heavy (non-hydrogen) atoms. The zero-order valence-corrected chi connectivity index (χ0v) is 10.4. The first-order valence-electron chi connectivity index (χ1n) is 5.72. The molecule has 0 aromatic carbocycles. The van der Waals surface area contributed by atoms with Crippen LogP contribution in [0.2, 0.25) is 0 Å². The molecule has 0 saturated heterocycles. The number of rotatable bonds is 1. The third kappa shape index (κ3) is 1.77. The van der Waals surface area contributed by atoms with Gasteiger partial charge in [0.25, 0.3) is 0 Å². The van der Waals surface area contributed by atoms with Gasteiger partial charge in [-0.05, 0) is 19.9 Å². The van der Waals surface area contributed by atoms with Crippen molar-refractivity contribution in [3.63, 3.8) is 0 Å². The highest BCUT2D eigenvalue weighted by molar-refractivity contribution is 5.67. The molecule has 0 unspecified atom stereocenters. The van der Waals surface area contributed by atoms with Crippen molar-refractivity contribution in [2.24, 2.45) is 0 Å². The zero-order valence-electron chi connectivity index (χ0n) is 10.4. The Morgan fingerprint density at radius 1 is 1.32 bits per heavy atom. The highest BCUT2D eigenvalue weighted by Gasteiger charge is 2.16. The maximum Gasteiger partial charge on any atom is 0.349 e. The van der Waals surface area contributed by atoms with E-state index in [9.17, 15) is 9.90 Å². The van der Waals surface area contributed by atoms with Crippen LogP contribution >= 0.6 is 0 Å². The predicted molar refractivity (Wildman–Crippen MR) is 68.1 cm³/mol. The molecule has 6 nitrogen and oxygen atoms in total. The van der Waals surface area contributed by atoms with E-state index >= 15 is 0 Å². The van der Waals surface area contributed by atoms with Crippen molar-refractivity contribution in [1.29, 1.82) is 0 Å². The fraction of sp³-hybridized carbons (Fsp3) is 0.154. The lowest BCUT2D eigenvalue weighted by molar-refractivity contribution is 0.437. The summed E-state index contributed by atoms with van der Waals surface area (Å²) in [6.45, 7) is 3.43. The fourth-order valence-electron chi connectivity index (χ4n) is 2.03. The van der Waals surface area contributed by atoms with Crippen LogP contribution < -0.4 is 5.63 Å². The van der Waals surface area contributed by atoms with E-state index in [0.29, 0.717) is 17.1 Å². The average molecular weight is 257 g/mol. The Morgan fingerprint density at radius 2 is 2.11 bits per heavy atom. The number of aryl methyl sites for hydroxylation is 2. The van der Waals surface area contributed by atoms with E-state index in [1.165, 1.54) is 10.6 Å². The number of hydrogen-bond donors (Lipinski definition) is 1. The van der Waals surface area contributed by atoms with Crippen LogP contribution in [-0.4, -0.2) is 19.7 Å². The second kappa shape index (κ2) is 3.94. The van der Waals surface area contributed by atoms with Gasteiger partial charge in [0.1, 0.15) is 17.1 Å². The van der Waals surface area contributed by atoms with E-state index in [1.807, 2.05) is 6.92 Å². The minimum Gasteiger partial charge on any atom is -0.507 e. The summed E-state index contributed by atoms with van der Waals surface area (Å²) in [6.07, 6.45) is 1.56. The zero-order chi connectivity index (χ0) is 13.6. The van der Waals surface area contributed by atoms with Gasteiger partial charge in [-0.15, -0.1) is 0 Å². The van der Waals surface area contributed by atoms with Crippen LogP contribution in [0.15, 0.2) is 33.6 Å². The molecule has 0 spiro atoms. The molecule has 0 amide bonds. The van der Waals surface area contributed by atoms with Crippen LogP contribution in [0.3, 0.4) is 0 Å². The number of fused-ring (bicyclic) bond motifs is 1. The molecule has 0 aliphatic rings. The van der Waals surface area contributed by atoms with Crippen LogP contribution in [0.5, 0.6) is 5.75 Å². The second-order valence-electron chi connectivity index (χ2n) is 4.29. The molecule has 1 N–H and O–H groups in total. The molecular weight excluding hydrogens is 246 g/mol. The van der Waals surface area contributed by atoms with E-state index in [-0.39, 0.29) is 11.3 Å². The molecule has 6 heteroatoms. The summed E-state index contributed by atoms with van der Waals surface area (Å²) in [5, 5.41) is 14.2. The van der Waals surface area contributed by atoms with Gasteiger partial charge in [-0.25, -0.2) is 14.3 Å². The summed E-state index contributed by atoms with van der Waals surface area (Å²) in [7, 11) is 0. The Kier molecular flexibility index (Phi) is 2.38. The van der Waals surface area contributed by atoms with Gasteiger partial charge in [0.15, 0.2) is 5.65 Å². The van der Waals surface area contributed by atoms with Crippen LogP contribution in [0.1, 0.15) is 11.5 Å². The molecule has 0 bridgehead atoms. The molecule has 0 fully saturated rings. The lowest BCUT2D eigenvalue weighted by atomic mass is 10.2. The molecule has 3 aromatic rings. The van der Waals surface area contributed by atoms with E-state index in [1.54, 1.807) is 25.3 Å². The van der Waals surface area contributed by atoms with Crippen molar-refractivity contribution in [2.45, 2.75) is 13.8 Å². The smallest absolute Gasteiger partial charge is 0.349 e. The molecule has 3 rings (SSSR count). The summed E-state index contributed by atoms with van der Waals surface area (Å²) in [4.78, 5) is 16.1. The van der Waals surface area contributed by atoms with Crippen molar-refractivity contribution in [2.75, 3.05) is 0 Å². The second-order valence-corrected chi connectivity index (χ2v) is 4.29. The van der Waals surface area contributed by atoms with E-state index in [2.05, 4.69) is 10.1 Å². The topological polar surface area (TPSA) is 80.6 Å². The molecule has 0 aliphatic carbocycles. The average Bonchev–Trinajstić information content (AvgIpc) is 2.68. The quantitative estimate of drug-likeness (QED) is 0.717. The lowest BCUT2D eigenvalue weighted by Gasteiger charge is -2.05. The molecular formula is C13H11N3O3. The minimum atomic E-state index is -0.599. The van der Waals surface area contributed by atoms with Gasteiger partial charge in [-0.3, -0.25) is 0 Å². The van der Waals surface area contributed by atoms with Gasteiger partial charge in [0.05, 0.1) is 11.4 Å². The molecule has 3 heterocycles. The van der Waals surface area contributed by atoms with Crippen molar-refractivity contribution in [3.8, 4) is 17.0 Å². The van der Waals surface area contributed by atoms with Crippen molar-refractivity contribution in [1.82, 2.24) is 14.6 Å². The highest BCUT2D eigenvalue weighted by Crippen LogP contribution is 2.26.